The second-order valence-electron chi connectivity index (χ2n) is 5.95. The van der Waals surface area contributed by atoms with E-state index >= 15 is 0 Å². The standard InChI is InChI=1S/C16H23F3N2/c1-11-12(2)21(9-8-15(11)20-3)10-13-4-6-14(7-5-13)16(17,18)19/h4-7,11-12,15,20H,8-10H2,1-3H3. The number of likely N-dealkylation sites (tertiary alicyclic amines) is 1. The zero-order valence-electron chi connectivity index (χ0n) is 12.7. The molecule has 3 unspecified atom stereocenters. The predicted octanol–water partition coefficient (Wildman–Crippen LogP) is 3.52. The van der Waals surface area contributed by atoms with Crippen LogP contribution in [0, 0.1) is 5.92 Å². The van der Waals surface area contributed by atoms with Crippen LogP contribution in [0.25, 0.3) is 0 Å². The number of nitrogens with one attached hydrogen (secondary N) is 1. The average Bonchev–Trinajstić information content (AvgIpc) is 2.44. The lowest BCUT2D eigenvalue weighted by Crippen LogP contribution is -2.52. The average molecular weight is 300 g/mol. The summed E-state index contributed by atoms with van der Waals surface area (Å²) in [4.78, 5) is 2.35. The first-order valence-electron chi connectivity index (χ1n) is 7.40. The van der Waals surface area contributed by atoms with Crippen molar-refractivity contribution < 1.29 is 13.2 Å². The van der Waals surface area contributed by atoms with Gasteiger partial charge in [-0.05, 0) is 44.0 Å². The summed E-state index contributed by atoms with van der Waals surface area (Å²) in [7, 11) is 1.99. The second-order valence-corrected chi connectivity index (χ2v) is 5.95. The molecule has 1 aromatic carbocycles. The maximum absolute atomic E-state index is 12.6. The molecule has 1 fully saturated rings. The minimum Gasteiger partial charge on any atom is -0.317 e. The van der Waals surface area contributed by atoms with E-state index in [-0.39, 0.29) is 0 Å². The number of nitrogens with zero attached hydrogens (tertiary/aromatic N) is 1. The molecule has 21 heavy (non-hydrogen) atoms. The molecule has 1 heterocycles. The first-order chi connectivity index (χ1) is 9.82. The molecule has 0 amide bonds. The summed E-state index contributed by atoms with van der Waals surface area (Å²) in [6.45, 7) is 6.10. The van der Waals surface area contributed by atoms with E-state index in [0.717, 1.165) is 18.5 Å². The third kappa shape index (κ3) is 3.77. The SMILES string of the molecule is CNC1CCN(Cc2ccc(C(F)(F)F)cc2)C(C)C1C. The van der Waals surface area contributed by atoms with E-state index in [4.69, 9.17) is 0 Å². The highest BCUT2D eigenvalue weighted by Crippen LogP contribution is 2.30. The van der Waals surface area contributed by atoms with E-state index in [9.17, 15) is 13.2 Å². The van der Waals surface area contributed by atoms with Gasteiger partial charge in [-0.15, -0.1) is 0 Å². The van der Waals surface area contributed by atoms with E-state index in [2.05, 4.69) is 24.1 Å². The number of benzene rings is 1. The molecule has 0 saturated carbocycles. The molecule has 1 saturated heterocycles. The number of halogens is 3. The van der Waals surface area contributed by atoms with Crippen LogP contribution in [-0.4, -0.2) is 30.6 Å². The third-order valence-corrected chi connectivity index (χ3v) is 4.74. The minimum atomic E-state index is -4.26. The Bertz CT molecular complexity index is 456. The van der Waals surface area contributed by atoms with E-state index in [1.807, 2.05) is 7.05 Å². The highest BCUT2D eigenvalue weighted by atomic mass is 19.4. The molecule has 1 aromatic rings. The van der Waals surface area contributed by atoms with E-state index in [0.29, 0.717) is 24.5 Å². The highest BCUT2D eigenvalue weighted by molar-refractivity contribution is 5.24. The van der Waals surface area contributed by atoms with Crippen molar-refractivity contribution in [2.75, 3.05) is 13.6 Å². The Labute approximate surface area is 124 Å². The maximum atomic E-state index is 12.6. The van der Waals surface area contributed by atoms with Gasteiger partial charge in [-0.1, -0.05) is 19.1 Å². The molecule has 1 aliphatic heterocycles. The van der Waals surface area contributed by atoms with Gasteiger partial charge in [-0.2, -0.15) is 13.2 Å². The van der Waals surface area contributed by atoms with Gasteiger partial charge in [0, 0.05) is 25.2 Å². The van der Waals surface area contributed by atoms with Crippen molar-refractivity contribution in [1.82, 2.24) is 10.2 Å². The number of alkyl halides is 3. The van der Waals surface area contributed by atoms with Crippen molar-refractivity contribution in [3.8, 4) is 0 Å². The number of rotatable bonds is 3. The van der Waals surface area contributed by atoms with E-state index in [1.165, 1.54) is 12.1 Å². The molecular formula is C16H23F3N2. The van der Waals surface area contributed by atoms with Crippen LogP contribution >= 0.6 is 0 Å². The van der Waals surface area contributed by atoms with Crippen LogP contribution in [0.1, 0.15) is 31.4 Å². The first kappa shape index (κ1) is 16.3. The summed E-state index contributed by atoms with van der Waals surface area (Å²) in [5, 5.41) is 3.34. The van der Waals surface area contributed by atoms with E-state index in [1.54, 1.807) is 12.1 Å². The van der Waals surface area contributed by atoms with Gasteiger partial charge in [0.25, 0.3) is 0 Å². The third-order valence-electron chi connectivity index (χ3n) is 4.74. The van der Waals surface area contributed by atoms with Gasteiger partial charge in [0.2, 0.25) is 0 Å². The Kier molecular flexibility index (Phi) is 4.94. The summed E-state index contributed by atoms with van der Waals surface area (Å²) in [6.07, 6.45) is -3.19. The van der Waals surface area contributed by atoms with Gasteiger partial charge in [0.15, 0.2) is 0 Å². The first-order valence-corrected chi connectivity index (χ1v) is 7.40. The molecule has 1 aliphatic rings. The Morgan fingerprint density at radius 2 is 1.81 bits per heavy atom. The topological polar surface area (TPSA) is 15.3 Å². The minimum absolute atomic E-state index is 0.415. The quantitative estimate of drug-likeness (QED) is 0.919. The molecule has 3 atom stereocenters. The molecular weight excluding hydrogens is 277 g/mol. The Morgan fingerprint density at radius 1 is 1.19 bits per heavy atom. The fourth-order valence-electron chi connectivity index (χ4n) is 3.10. The van der Waals surface area contributed by atoms with Crippen LogP contribution in [0.4, 0.5) is 13.2 Å². The fraction of sp³-hybridized carbons (Fsp3) is 0.625. The molecule has 0 bridgehead atoms. The van der Waals surface area contributed by atoms with E-state index < -0.39 is 11.7 Å². The van der Waals surface area contributed by atoms with Crippen molar-refractivity contribution in [1.29, 1.82) is 0 Å². The number of hydrogen-bond donors (Lipinski definition) is 1. The van der Waals surface area contributed by atoms with Crippen molar-refractivity contribution >= 4 is 0 Å². The molecule has 0 radical (unpaired) electrons. The lowest BCUT2D eigenvalue weighted by atomic mass is 9.87. The number of piperidine rings is 1. The summed E-state index contributed by atoms with van der Waals surface area (Å²) in [6, 6.07) is 6.45. The van der Waals surface area contributed by atoms with Gasteiger partial charge in [0.05, 0.1) is 5.56 Å². The smallest absolute Gasteiger partial charge is 0.317 e. The zero-order chi connectivity index (χ0) is 15.6. The van der Waals surface area contributed by atoms with Crippen molar-refractivity contribution in [2.24, 2.45) is 5.92 Å². The summed E-state index contributed by atoms with van der Waals surface area (Å²) in [5.41, 5.74) is 0.353. The predicted molar refractivity (Wildman–Crippen MR) is 77.9 cm³/mol. The summed E-state index contributed by atoms with van der Waals surface area (Å²) < 4.78 is 37.7. The van der Waals surface area contributed by atoms with Crippen LogP contribution in [0.15, 0.2) is 24.3 Å². The molecule has 5 heteroatoms. The monoisotopic (exact) mass is 300 g/mol. The van der Waals surface area contributed by atoms with Crippen LogP contribution in [0.3, 0.4) is 0 Å². The molecule has 0 spiro atoms. The Morgan fingerprint density at radius 3 is 2.33 bits per heavy atom. The Hall–Kier alpha value is -1.07. The lowest BCUT2D eigenvalue weighted by molar-refractivity contribution is -0.137. The summed E-state index contributed by atoms with van der Waals surface area (Å²) in [5.74, 6) is 0.526. The maximum Gasteiger partial charge on any atom is 0.416 e. The van der Waals surface area contributed by atoms with Gasteiger partial charge in [-0.3, -0.25) is 4.90 Å². The highest BCUT2D eigenvalue weighted by Gasteiger charge is 2.32. The fourth-order valence-corrected chi connectivity index (χ4v) is 3.10. The summed E-state index contributed by atoms with van der Waals surface area (Å²) >= 11 is 0. The van der Waals surface area contributed by atoms with Gasteiger partial charge in [-0.25, -0.2) is 0 Å². The molecule has 0 aliphatic carbocycles. The van der Waals surface area contributed by atoms with Crippen molar-refractivity contribution in [3.05, 3.63) is 35.4 Å². The van der Waals surface area contributed by atoms with Crippen LogP contribution in [-0.2, 0) is 12.7 Å². The van der Waals surface area contributed by atoms with Gasteiger partial charge < -0.3 is 5.32 Å². The van der Waals surface area contributed by atoms with Gasteiger partial charge in [0.1, 0.15) is 0 Å². The normalized spacial score (nSPS) is 27.8. The molecule has 118 valence electrons. The largest absolute Gasteiger partial charge is 0.416 e. The zero-order valence-corrected chi connectivity index (χ0v) is 12.7. The van der Waals surface area contributed by atoms with Crippen LogP contribution < -0.4 is 5.32 Å². The van der Waals surface area contributed by atoms with Gasteiger partial charge >= 0.3 is 6.18 Å². The molecule has 2 rings (SSSR count). The number of hydrogen-bond acceptors (Lipinski definition) is 2. The molecule has 1 N–H and O–H groups in total. The lowest BCUT2D eigenvalue weighted by Gasteiger charge is -2.42. The van der Waals surface area contributed by atoms with Crippen LogP contribution in [0.5, 0.6) is 0 Å². The second kappa shape index (κ2) is 6.36. The van der Waals surface area contributed by atoms with Crippen molar-refractivity contribution in [3.63, 3.8) is 0 Å². The Balaban J connectivity index is 2.02. The van der Waals surface area contributed by atoms with Crippen LogP contribution in [0.2, 0.25) is 0 Å². The molecule has 0 aromatic heterocycles. The molecule has 2 nitrogen and oxygen atoms in total. The van der Waals surface area contributed by atoms with Crippen molar-refractivity contribution in [2.45, 2.75) is 45.1 Å².